The van der Waals surface area contributed by atoms with Crippen molar-refractivity contribution in [2.75, 3.05) is 58.9 Å². The summed E-state index contributed by atoms with van der Waals surface area (Å²) in [6.45, 7) is 6.31. The molecule has 5 rings (SSSR count). The summed E-state index contributed by atoms with van der Waals surface area (Å²) in [5.74, 6) is 1.14. The molecule has 0 spiro atoms. The number of ether oxygens (including phenoxy) is 4. The van der Waals surface area contributed by atoms with E-state index >= 15 is 0 Å². The van der Waals surface area contributed by atoms with Crippen LogP contribution in [0.5, 0.6) is 17.2 Å². The quantitative estimate of drug-likeness (QED) is 0.242. The highest BCUT2D eigenvalue weighted by atomic mass is 35.5. The van der Waals surface area contributed by atoms with Crippen LogP contribution in [0.2, 0.25) is 5.02 Å². The molecule has 1 saturated heterocycles. The lowest BCUT2D eigenvalue weighted by molar-refractivity contribution is 0.0905. The summed E-state index contributed by atoms with van der Waals surface area (Å²) in [7, 11) is 3.16. The second-order valence-electron chi connectivity index (χ2n) is 10.2. The summed E-state index contributed by atoms with van der Waals surface area (Å²) in [5.41, 5.74) is 3.73. The molecular weight excluding hydrogens is 584 g/mol. The third-order valence-corrected chi connectivity index (χ3v) is 7.72. The van der Waals surface area contributed by atoms with E-state index in [0.717, 1.165) is 30.9 Å². The zero-order chi connectivity index (χ0) is 31.1. The van der Waals surface area contributed by atoms with Crippen molar-refractivity contribution in [3.05, 3.63) is 76.7 Å². The highest BCUT2D eigenvalue weighted by Crippen LogP contribution is 2.39. The first-order valence-electron chi connectivity index (χ1n) is 14.1. The van der Waals surface area contributed by atoms with E-state index in [0.29, 0.717) is 70.7 Å². The number of fused-ring (bicyclic) bond motifs is 1. The van der Waals surface area contributed by atoms with E-state index in [9.17, 15) is 10.1 Å². The van der Waals surface area contributed by atoms with Crippen molar-refractivity contribution in [2.24, 2.45) is 0 Å². The maximum absolute atomic E-state index is 13.0. The fourth-order valence-corrected chi connectivity index (χ4v) is 5.05. The second-order valence-corrected chi connectivity index (χ2v) is 10.6. The van der Waals surface area contributed by atoms with Gasteiger partial charge in [0.25, 0.3) is 0 Å². The molecular formula is C32H33ClN6O5. The van der Waals surface area contributed by atoms with Crippen LogP contribution < -0.4 is 19.5 Å². The van der Waals surface area contributed by atoms with E-state index in [1.165, 1.54) is 13.3 Å². The number of carbonyl (C=O) groups is 1. The van der Waals surface area contributed by atoms with Crippen LogP contribution in [-0.4, -0.2) is 79.4 Å². The summed E-state index contributed by atoms with van der Waals surface area (Å²) in [6.07, 6.45) is 2.72. The van der Waals surface area contributed by atoms with Crippen molar-refractivity contribution < 1.29 is 23.7 Å². The van der Waals surface area contributed by atoms with Gasteiger partial charge in [0.1, 0.15) is 18.4 Å². The summed E-state index contributed by atoms with van der Waals surface area (Å²) in [5, 5.41) is 14.1. The van der Waals surface area contributed by atoms with Gasteiger partial charge < -0.3 is 29.2 Å². The topological polar surface area (TPSA) is 122 Å². The number of benzene rings is 2. The molecule has 2 aromatic heterocycles. The largest absolute Gasteiger partial charge is 0.493 e. The van der Waals surface area contributed by atoms with Gasteiger partial charge in [0, 0.05) is 69.7 Å². The standard InChI is InChI=1S/C32H33ClN6O5/c1-21-5-4-8-35-28(21)20-43-23-6-7-26(25(33)15-23)37-31-22(18-34)19-36-27-17-30(29(42-3)16-24(27)31)44-32(40)39-11-9-38(10-12-39)13-14-41-2/h4-8,15-17,19H,9-14,20H2,1-3H3,(H,36,37). The van der Waals surface area contributed by atoms with E-state index in [1.54, 1.807) is 48.5 Å². The van der Waals surface area contributed by atoms with Gasteiger partial charge in [-0.25, -0.2) is 4.79 Å². The van der Waals surface area contributed by atoms with Gasteiger partial charge in [-0.2, -0.15) is 5.26 Å². The third-order valence-electron chi connectivity index (χ3n) is 7.41. The number of carbonyl (C=O) groups excluding carboxylic acids is 1. The Morgan fingerprint density at radius 1 is 1.09 bits per heavy atom. The fraction of sp³-hybridized carbons (Fsp3) is 0.312. The molecule has 228 valence electrons. The number of anilines is 2. The molecule has 1 fully saturated rings. The van der Waals surface area contributed by atoms with Crippen LogP contribution in [-0.2, 0) is 11.3 Å². The SMILES string of the molecule is COCCN1CCN(C(=O)Oc2cc3ncc(C#N)c(Nc4ccc(OCc5ncccc5C)cc4Cl)c3cc2OC)CC1. The summed E-state index contributed by atoms with van der Waals surface area (Å²) < 4.78 is 22.4. The molecule has 4 aromatic rings. The minimum atomic E-state index is -0.465. The molecule has 1 N–H and O–H groups in total. The molecule has 2 aromatic carbocycles. The van der Waals surface area contributed by atoms with Crippen LogP contribution in [0.25, 0.3) is 10.9 Å². The Balaban J connectivity index is 1.34. The predicted molar refractivity (Wildman–Crippen MR) is 167 cm³/mol. The summed E-state index contributed by atoms with van der Waals surface area (Å²) in [4.78, 5) is 25.7. The Hall–Kier alpha value is -4.63. The maximum Gasteiger partial charge on any atom is 0.415 e. The van der Waals surface area contributed by atoms with Crippen molar-refractivity contribution in [1.82, 2.24) is 19.8 Å². The molecule has 44 heavy (non-hydrogen) atoms. The number of nitriles is 1. The van der Waals surface area contributed by atoms with Gasteiger partial charge >= 0.3 is 6.09 Å². The Labute approximate surface area is 260 Å². The molecule has 3 heterocycles. The lowest BCUT2D eigenvalue weighted by atomic mass is 10.1. The molecule has 11 nitrogen and oxygen atoms in total. The molecule has 0 radical (unpaired) electrons. The van der Waals surface area contributed by atoms with Crippen LogP contribution in [0, 0.1) is 18.3 Å². The average molecular weight is 617 g/mol. The Bertz CT molecular complexity index is 1690. The van der Waals surface area contributed by atoms with Crippen molar-refractivity contribution in [3.63, 3.8) is 0 Å². The van der Waals surface area contributed by atoms with Crippen molar-refractivity contribution >= 4 is 40.0 Å². The summed E-state index contributed by atoms with van der Waals surface area (Å²) >= 11 is 6.64. The fourth-order valence-electron chi connectivity index (χ4n) is 4.83. The zero-order valence-electron chi connectivity index (χ0n) is 24.8. The first-order chi connectivity index (χ1) is 21.4. The molecule has 0 aliphatic carbocycles. The molecule has 0 bridgehead atoms. The second kappa shape index (κ2) is 14.2. The van der Waals surface area contributed by atoms with Crippen molar-refractivity contribution in [1.29, 1.82) is 5.26 Å². The van der Waals surface area contributed by atoms with Gasteiger partial charge in [-0.1, -0.05) is 17.7 Å². The smallest absolute Gasteiger partial charge is 0.415 e. The summed E-state index contributed by atoms with van der Waals surface area (Å²) in [6, 6.07) is 14.6. The van der Waals surface area contributed by atoms with Gasteiger partial charge in [-0.05, 0) is 36.8 Å². The van der Waals surface area contributed by atoms with E-state index in [-0.39, 0.29) is 5.75 Å². The molecule has 1 amide bonds. The monoisotopic (exact) mass is 616 g/mol. The number of hydrogen-bond acceptors (Lipinski definition) is 10. The molecule has 0 saturated carbocycles. The van der Waals surface area contributed by atoms with Gasteiger partial charge in [0.05, 0.1) is 46.9 Å². The number of aryl methyl sites for hydroxylation is 1. The highest BCUT2D eigenvalue weighted by Gasteiger charge is 2.24. The first kappa shape index (κ1) is 30.8. The Kier molecular flexibility index (Phi) is 9.96. The lowest BCUT2D eigenvalue weighted by Crippen LogP contribution is -2.50. The van der Waals surface area contributed by atoms with Gasteiger partial charge in [0.15, 0.2) is 11.5 Å². The van der Waals surface area contributed by atoms with Crippen molar-refractivity contribution in [2.45, 2.75) is 13.5 Å². The van der Waals surface area contributed by atoms with E-state index in [2.05, 4.69) is 26.3 Å². The van der Waals surface area contributed by atoms with Crippen molar-refractivity contribution in [3.8, 4) is 23.3 Å². The zero-order valence-corrected chi connectivity index (χ0v) is 25.6. The van der Waals surface area contributed by atoms with Gasteiger partial charge in [0.2, 0.25) is 0 Å². The van der Waals surface area contributed by atoms with Crippen LogP contribution in [0.3, 0.4) is 0 Å². The third kappa shape index (κ3) is 7.11. The number of rotatable bonds is 10. The first-order valence-corrected chi connectivity index (χ1v) is 14.5. The predicted octanol–water partition coefficient (Wildman–Crippen LogP) is 5.56. The minimum Gasteiger partial charge on any atom is -0.493 e. The van der Waals surface area contributed by atoms with Crippen LogP contribution in [0.15, 0.2) is 54.9 Å². The van der Waals surface area contributed by atoms with E-state index in [1.807, 2.05) is 19.1 Å². The van der Waals surface area contributed by atoms with E-state index < -0.39 is 6.09 Å². The molecule has 0 unspecified atom stereocenters. The number of aromatic nitrogens is 2. The highest BCUT2D eigenvalue weighted by molar-refractivity contribution is 6.33. The van der Waals surface area contributed by atoms with E-state index in [4.69, 9.17) is 30.5 Å². The maximum atomic E-state index is 13.0. The number of hydrogen-bond donors (Lipinski definition) is 1. The number of methoxy groups -OCH3 is 2. The lowest BCUT2D eigenvalue weighted by Gasteiger charge is -2.33. The normalized spacial score (nSPS) is 13.4. The van der Waals surface area contributed by atoms with Crippen LogP contribution in [0.1, 0.15) is 16.8 Å². The molecule has 12 heteroatoms. The van der Waals surface area contributed by atoms with Gasteiger partial charge in [-0.3, -0.25) is 14.9 Å². The van der Waals surface area contributed by atoms with Crippen LogP contribution in [0.4, 0.5) is 16.2 Å². The average Bonchev–Trinajstić information content (AvgIpc) is 3.04. The number of halogens is 1. The minimum absolute atomic E-state index is 0.234. The number of nitrogens with one attached hydrogen (secondary N) is 1. The van der Waals surface area contributed by atoms with Crippen LogP contribution >= 0.6 is 11.6 Å². The van der Waals surface area contributed by atoms with Gasteiger partial charge in [-0.15, -0.1) is 0 Å². The Morgan fingerprint density at radius 3 is 2.61 bits per heavy atom. The Morgan fingerprint density at radius 2 is 1.91 bits per heavy atom. The molecule has 0 atom stereocenters. The number of amides is 1. The number of nitrogens with zero attached hydrogens (tertiary/aromatic N) is 5. The number of piperazine rings is 1. The molecule has 1 aliphatic rings. The molecule has 1 aliphatic heterocycles. The number of pyridine rings is 2.